The lowest BCUT2D eigenvalue weighted by Crippen LogP contribution is -2.18. The van der Waals surface area contributed by atoms with Gasteiger partial charge in [0, 0.05) is 19.0 Å². The van der Waals surface area contributed by atoms with Crippen LogP contribution >= 0.6 is 0 Å². The smallest absolute Gasteiger partial charge is 0.161 e. The van der Waals surface area contributed by atoms with Crippen LogP contribution in [-0.2, 0) is 13.0 Å². The predicted molar refractivity (Wildman–Crippen MR) is 57.3 cm³/mol. The summed E-state index contributed by atoms with van der Waals surface area (Å²) in [6.45, 7) is 3.64. The van der Waals surface area contributed by atoms with Gasteiger partial charge in [-0.15, -0.1) is 0 Å². The van der Waals surface area contributed by atoms with Crippen LogP contribution in [0.3, 0.4) is 0 Å². The zero-order chi connectivity index (χ0) is 10.8. The van der Waals surface area contributed by atoms with E-state index in [2.05, 4.69) is 22.5 Å². The molecule has 0 fully saturated rings. The Morgan fingerprint density at radius 1 is 1.60 bits per heavy atom. The summed E-state index contributed by atoms with van der Waals surface area (Å²) in [5, 5.41) is 9.00. The van der Waals surface area contributed by atoms with Crippen LogP contribution in [0.4, 0.5) is 0 Å². The average molecular weight is 204 g/mol. The molecule has 1 unspecified atom stereocenters. The molecule has 15 heavy (non-hydrogen) atoms. The number of rotatable bonds is 2. The Morgan fingerprint density at radius 3 is 3.07 bits per heavy atom. The zero-order valence-corrected chi connectivity index (χ0v) is 9.03. The fraction of sp³-hybridized carbons (Fsp3) is 0.636. The molecule has 1 aliphatic rings. The molecule has 4 nitrogen and oxygen atoms in total. The summed E-state index contributed by atoms with van der Waals surface area (Å²) in [7, 11) is 0. The fourth-order valence-corrected chi connectivity index (χ4v) is 2.14. The van der Waals surface area contributed by atoms with E-state index in [0.29, 0.717) is 12.2 Å². The number of imidazole rings is 1. The quantitative estimate of drug-likeness (QED) is 0.785. The molecular weight excluding hydrogens is 188 g/mol. The first-order valence-corrected chi connectivity index (χ1v) is 5.47. The minimum absolute atomic E-state index is 0.240. The van der Waals surface area contributed by atoms with Crippen molar-refractivity contribution in [2.24, 2.45) is 5.73 Å². The Morgan fingerprint density at radius 2 is 2.40 bits per heavy atom. The van der Waals surface area contributed by atoms with E-state index in [-0.39, 0.29) is 5.92 Å². The molecule has 2 N–H and O–H groups in total. The van der Waals surface area contributed by atoms with Gasteiger partial charge in [-0.3, -0.25) is 0 Å². The minimum atomic E-state index is 0.240. The average Bonchev–Trinajstić information content (AvgIpc) is 2.67. The van der Waals surface area contributed by atoms with Crippen molar-refractivity contribution < 1.29 is 0 Å². The lowest BCUT2D eigenvalue weighted by Gasteiger charge is -2.18. The van der Waals surface area contributed by atoms with Gasteiger partial charge in [0.1, 0.15) is 11.9 Å². The molecule has 4 heteroatoms. The third-order valence-electron chi connectivity index (χ3n) is 3.05. The van der Waals surface area contributed by atoms with E-state index in [0.717, 1.165) is 30.9 Å². The number of aromatic nitrogens is 2. The Hall–Kier alpha value is -1.34. The number of hydrogen-bond acceptors (Lipinski definition) is 3. The molecule has 0 spiro atoms. The lowest BCUT2D eigenvalue weighted by molar-refractivity contribution is 0.499. The fourth-order valence-electron chi connectivity index (χ4n) is 2.14. The zero-order valence-electron chi connectivity index (χ0n) is 9.03. The molecule has 1 atom stereocenters. The second kappa shape index (κ2) is 4.03. The standard InChI is InChI=1S/C11H16N4/c1-8(6-12)11-14-9(7-13)10-4-2-3-5-15(10)11/h8H,2-6,12H2,1H3. The van der Waals surface area contributed by atoms with Crippen LogP contribution in [0.2, 0.25) is 0 Å². The van der Waals surface area contributed by atoms with E-state index in [1.54, 1.807) is 0 Å². The van der Waals surface area contributed by atoms with Gasteiger partial charge < -0.3 is 10.3 Å². The molecule has 0 aliphatic carbocycles. The van der Waals surface area contributed by atoms with Crippen LogP contribution < -0.4 is 5.73 Å². The van der Waals surface area contributed by atoms with Gasteiger partial charge in [0.05, 0.1) is 5.69 Å². The third kappa shape index (κ3) is 1.64. The van der Waals surface area contributed by atoms with E-state index < -0.39 is 0 Å². The molecule has 0 saturated carbocycles. The van der Waals surface area contributed by atoms with Crippen LogP contribution in [0.25, 0.3) is 0 Å². The maximum atomic E-state index is 9.00. The number of hydrogen-bond donors (Lipinski definition) is 1. The van der Waals surface area contributed by atoms with Gasteiger partial charge >= 0.3 is 0 Å². The van der Waals surface area contributed by atoms with Crippen molar-refractivity contribution in [1.82, 2.24) is 9.55 Å². The molecule has 80 valence electrons. The maximum absolute atomic E-state index is 9.00. The Bertz CT molecular complexity index is 399. The van der Waals surface area contributed by atoms with E-state index in [9.17, 15) is 0 Å². The molecule has 0 radical (unpaired) electrons. The van der Waals surface area contributed by atoms with Crippen molar-refractivity contribution in [2.45, 2.75) is 38.6 Å². The number of fused-ring (bicyclic) bond motifs is 1. The molecule has 0 aromatic carbocycles. The van der Waals surface area contributed by atoms with E-state index in [4.69, 9.17) is 11.0 Å². The van der Waals surface area contributed by atoms with E-state index in [1.165, 1.54) is 6.42 Å². The highest BCUT2D eigenvalue weighted by Crippen LogP contribution is 2.24. The molecule has 1 aliphatic heterocycles. The summed E-state index contributed by atoms with van der Waals surface area (Å²) >= 11 is 0. The van der Waals surface area contributed by atoms with Crippen molar-refractivity contribution in [3.05, 3.63) is 17.2 Å². The predicted octanol–water partition coefficient (Wildman–Crippen LogP) is 1.15. The summed E-state index contributed by atoms with van der Waals surface area (Å²) in [6, 6.07) is 2.18. The molecule has 2 heterocycles. The first-order valence-electron chi connectivity index (χ1n) is 5.47. The van der Waals surface area contributed by atoms with Crippen molar-refractivity contribution in [3.8, 4) is 6.07 Å². The SMILES string of the molecule is CC(CN)c1nc(C#N)c2n1CCCC2. The molecular formula is C11H16N4. The molecule has 0 amide bonds. The minimum Gasteiger partial charge on any atom is -0.330 e. The summed E-state index contributed by atoms with van der Waals surface area (Å²) < 4.78 is 2.19. The second-order valence-corrected chi connectivity index (χ2v) is 4.12. The lowest BCUT2D eigenvalue weighted by atomic mass is 10.1. The van der Waals surface area contributed by atoms with Gasteiger partial charge in [0.2, 0.25) is 0 Å². The highest BCUT2D eigenvalue weighted by molar-refractivity contribution is 5.31. The molecule has 1 aromatic rings. The normalized spacial score (nSPS) is 16.9. The van der Waals surface area contributed by atoms with Crippen molar-refractivity contribution in [2.75, 3.05) is 6.54 Å². The van der Waals surface area contributed by atoms with Gasteiger partial charge in [0.15, 0.2) is 5.69 Å². The number of nitrogens with zero attached hydrogens (tertiary/aromatic N) is 3. The van der Waals surface area contributed by atoms with Gasteiger partial charge in [-0.1, -0.05) is 6.92 Å². The van der Waals surface area contributed by atoms with Crippen molar-refractivity contribution in [3.63, 3.8) is 0 Å². The van der Waals surface area contributed by atoms with E-state index >= 15 is 0 Å². The van der Waals surface area contributed by atoms with Crippen molar-refractivity contribution >= 4 is 0 Å². The summed E-state index contributed by atoms with van der Waals surface area (Å²) in [5.41, 5.74) is 7.36. The molecule has 2 rings (SSSR count). The number of nitriles is 1. The van der Waals surface area contributed by atoms with Crippen LogP contribution in [-0.4, -0.2) is 16.1 Å². The van der Waals surface area contributed by atoms with Gasteiger partial charge in [-0.2, -0.15) is 5.26 Å². The topological polar surface area (TPSA) is 67.6 Å². The Labute approximate surface area is 89.7 Å². The highest BCUT2D eigenvalue weighted by Gasteiger charge is 2.22. The summed E-state index contributed by atoms with van der Waals surface area (Å²) in [4.78, 5) is 4.40. The van der Waals surface area contributed by atoms with Crippen LogP contribution in [0.5, 0.6) is 0 Å². The summed E-state index contributed by atoms with van der Waals surface area (Å²) in [6.07, 6.45) is 3.32. The van der Waals surface area contributed by atoms with Crippen LogP contribution in [0.1, 0.15) is 42.9 Å². The monoisotopic (exact) mass is 204 g/mol. The largest absolute Gasteiger partial charge is 0.330 e. The first kappa shape index (κ1) is 10.2. The first-order chi connectivity index (χ1) is 7.27. The second-order valence-electron chi connectivity index (χ2n) is 4.12. The van der Waals surface area contributed by atoms with Gasteiger partial charge in [-0.25, -0.2) is 4.98 Å². The van der Waals surface area contributed by atoms with Crippen LogP contribution in [0, 0.1) is 11.3 Å². The molecule has 0 saturated heterocycles. The Kier molecular flexibility index (Phi) is 2.74. The van der Waals surface area contributed by atoms with Gasteiger partial charge in [0.25, 0.3) is 0 Å². The molecule has 1 aromatic heterocycles. The molecule has 0 bridgehead atoms. The third-order valence-corrected chi connectivity index (χ3v) is 3.05. The highest BCUT2D eigenvalue weighted by atomic mass is 15.1. The Balaban J connectivity index is 2.48. The van der Waals surface area contributed by atoms with Gasteiger partial charge in [-0.05, 0) is 19.3 Å². The van der Waals surface area contributed by atoms with E-state index in [1.807, 2.05) is 0 Å². The van der Waals surface area contributed by atoms with Crippen molar-refractivity contribution in [1.29, 1.82) is 5.26 Å². The summed E-state index contributed by atoms with van der Waals surface area (Å²) in [5.74, 6) is 1.23. The maximum Gasteiger partial charge on any atom is 0.161 e. The van der Waals surface area contributed by atoms with Crippen LogP contribution in [0.15, 0.2) is 0 Å². The number of nitrogens with two attached hydrogens (primary N) is 1.